The van der Waals surface area contributed by atoms with Gasteiger partial charge in [-0.1, -0.05) is 27.5 Å². The summed E-state index contributed by atoms with van der Waals surface area (Å²) in [5.74, 6) is 0.598. The lowest BCUT2D eigenvalue weighted by Gasteiger charge is -2.03. The Bertz CT molecular complexity index is 574. The molecule has 2 aromatic rings. The van der Waals surface area contributed by atoms with Gasteiger partial charge in [0, 0.05) is 28.2 Å². The molecule has 0 amide bonds. The molecule has 0 N–H and O–H groups in total. The van der Waals surface area contributed by atoms with E-state index in [2.05, 4.69) is 20.9 Å². The molecule has 0 fully saturated rings. The van der Waals surface area contributed by atoms with Gasteiger partial charge in [0.25, 0.3) is 0 Å². The highest BCUT2D eigenvalue weighted by Gasteiger charge is 2.07. The minimum absolute atomic E-state index is 0.154. The zero-order valence-corrected chi connectivity index (χ0v) is 13.1. The van der Waals surface area contributed by atoms with Crippen LogP contribution in [-0.4, -0.2) is 16.5 Å². The third-order valence-electron chi connectivity index (χ3n) is 2.46. The van der Waals surface area contributed by atoms with Crippen LogP contribution in [-0.2, 0) is 11.2 Å². The molecule has 0 aliphatic rings. The van der Waals surface area contributed by atoms with Crippen molar-refractivity contribution in [2.75, 3.05) is 5.75 Å². The standard InChI is InChI=1S/C14H11BrClNOS/c15-11-1-3-13(4-2-11)19-9-12(18)7-10-5-6-17-8-14(10)16/h1-6,8H,7,9H2. The Labute approximate surface area is 129 Å². The van der Waals surface area contributed by atoms with E-state index in [1.807, 2.05) is 24.3 Å². The topological polar surface area (TPSA) is 30.0 Å². The molecule has 19 heavy (non-hydrogen) atoms. The van der Waals surface area contributed by atoms with E-state index in [9.17, 15) is 4.79 Å². The largest absolute Gasteiger partial charge is 0.298 e. The van der Waals surface area contributed by atoms with Crippen LogP contribution in [0.4, 0.5) is 0 Å². The smallest absolute Gasteiger partial charge is 0.147 e. The van der Waals surface area contributed by atoms with Gasteiger partial charge < -0.3 is 0 Å². The molecular weight excluding hydrogens is 346 g/mol. The normalized spacial score (nSPS) is 10.4. The number of hydrogen-bond acceptors (Lipinski definition) is 3. The molecule has 0 spiro atoms. The van der Waals surface area contributed by atoms with Gasteiger partial charge in [0.05, 0.1) is 10.8 Å². The van der Waals surface area contributed by atoms with Crippen molar-refractivity contribution in [3.05, 3.63) is 57.8 Å². The van der Waals surface area contributed by atoms with Gasteiger partial charge in [-0.3, -0.25) is 9.78 Å². The number of benzene rings is 1. The molecule has 2 nitrogen and oxygen atoms in total. The fourth-order valence-electron chi connectivity index (χ4n) is 1.51. The predicted octanol–water partition coefficient (Wildman–Crippen LogP) is 4.40. The molecule has 98 valence electrons. The number of nitrogens with zero attached hydrogens (tertiary/aromatic N) is 1. The molecule has 0 saturated carbocycles. The Kier molecular flexibility index (Phi) is 5.43. The van der Waals surface area contributed by atoms with Crippen molar-refractivity contribution in [1.82, 2.24) is 4.98 Å². The maximum absolute atomic E-state index is 11.9. The number of pyridine rings is 1. The number of carbonyl (C=O) groups excluding carboxylic acids is 1. The highest BCUT2D eigenvalue weighted by Crippen LogP contribution is 2.21. The summed E-state index contributed by atoms with van der Waals surface area (Å²) in [5.41, 5.74) is 0.832. The Morgan fingerprint density at radius 3 is 2.68 bits per heavy atom. The van der Waals surface area contributed by atoms with Gasteiger partial charge in [-0.05, 0) is 35.9 Å². The number of hydrogen-bond donors (Lipinski definition) is 0. The quantitative estimate of drug-likeness (QED) is 0.744. The average Bonchev–Trinajstić information content (AvgIpc) is 2.41. The zero-order valence-electron chi connectivity index (χ0n) is 9.98. The van der Waals surface area contributed by atoms with Gasteiger partial charge in [-0.15, -0.1) is 11.8 Å². The van der Waals surface area contributed by atoms with Crippen molar-refractivity contribution in [1.29, 1.82) is 0 Å². The summed E-state index contributed by atoms with van der Waals surface area (Å²) >= 11 is 10.9. The number of aromatic nitrogens is 1. The van der Waals surface area contributed by atoms with E-state index in [-0.39, 0.29) is 5.78 Å². The van der Waals surface area contributed by atoms with Gasteiger partial charge in [-0.2, -0.15) is 0 Å². The van der Waals surface area contributed by atoms with Crippen LogP contribution in [0.1, 0.15) is 5.56 Å². The number of rotatable bonds is 5. The van der Waals surface area contributed by atoms with Crippen molar-refractivity contribution >= 4 is 45.1 Å². The summed E-state index contributed by atoms with van der Waals surface area (Å²) in [7, 11) is 0. The minimum atomic E-state index is 0.154. The second-order valence-corrected chi connectivity index (χ2v) is 6.30. The van der Waals surface area contributed by atoms with Crippen molar-refractivity contribution in [3.8, 4) is 0 Å². The maximum Gasteiger partial charge on any atom is 0.147 e. The third-order valence-corrected chi connectivity index (χ3v) is 4.40. The van der Waals surface area contributed by atoms with E-state index >= 15 is 0 Å². The van der Waals surface area contributed by atoms with Gasteiger partial charge in [-0.25, -0.2) is 0 Å². The lowest BCUT2D eigenvalue weighted by molar-refractivity contribution is -0.116. The molecule has 0 aliphatic carbocycles. The SMILES string of the molecule is O=C(CSc1ccc(Br)cc1)Cc1ccncc1Cl. The molecule has 2 rings (SSSR count). The number of thioether (sulfide) groups is 1. The first-order valence-corrected chi connectivity index (χ1v) is 7.79. The lowest BCUT2D eigenvalue weighted by Crippen LogP contribution is -2.06. The van der Waals surface area contributed by atoms with Crippen LogP contribution in [0.2, 0.25) is 5.02 Å². The molecular formula is C14H11BrClNOS. The van der Waals surface area contributed by atoms with E-state index in [1.165, 1.54) is 11.8 Å². The van der Waals surface area contributed by atoms with Gasteiger partial charge in [0.1, 0.15) is 5.78 Å². The summed E-state index contributed by atoms with van der Waals surface area (Å²) in [4.78, 5) is 16.9. The Morgan fingerprint density at radius 1 is 1.26 bits per heavy atom. The molecule has 0 radical (unpaired) electrons. The first-order chi connectivity index (χ1) is 9.15. The molecule has 1 heterocycles. The number of Topliss-reactive ketones (excluding diaryl/α,β-unsaturated/α-hetero) is 1. The van der Waals surface area contributed by atoms with E-state index in [4.69, 9.17) is 11.6 Å². The highest BCUT2D eigenvalue weighted by molar-refractivity contribution is 9.10. The first-order valence-electron chi connectivity index (χ1n) is 5.63. The second-order valence-electron chi connectivity index (χ2n) is 3.93. The molecule has 0 bridgehead atoms. The van der Waals surface area contributed by atoms with E-state index in [1.54, 1.807) is 18.5 Å². The van der Waals surface area contributed by atoms with Crippen molar-refractivity contribution in [2.24, 2.45) is 0 Å². The second kappa shape index (κ2) is 7.08. The Morgan fingerprint density at radius 2 is 2.00 bits per heavy atom. The van der Waals surface area contributed by atoms with E-state index in [0.717, 1.165) is 14.9 Å². The van der Waals surface area contributed by atoms with Crippen LogP contribution in [0.15, 0.2) is 52.1 Å². The van der Waals surface area contributed by atoms with Crippen LogP contribution >= 0.6 is 39.3 Å². The van der Waals surface area contributed by atoms with Gasteiger partial charge >= 0.3 is 0 Å². The molecule has 5 heteroatoms. The molecule has 0 atom stereocenters. The van der Waals surface area contributed by atoms with Crippen LogP contribution in [0.25, 0.3) is 0 Å². The summed E-state index contributed by atoms with van der Waals surface area (Å²) in [6.07, 6.45) is 3.56. The first kappa shape index (κ1) is 14.6. The molecule has 0 unspecified atom stereocenters. The van der Waals surface area contributed by atoms with Crippen LogP contribution in [0.5, 0.6) is 0 Å². The summed E-state index contributed by atoms with van der Waals surface area (Å²) in [5, 5.41) is 0.546. The fourth-order valence-corrected chi connectivity index (χ4v) is 2.71. The lowest BCUT2D eigenvalue weighted by atomic mass is 10.1. The molecule has 0 aliphatic heterocycles. The monoisotopic (exact) mass is 355 g/mol. The van der Waals surface area contributed by atoms with E-state index < -0.39 is 0 Å². The molecule has 1 aromatic carbocycles. The Hall–Kier alpha value is -0.840. The predicted molar refractivity (Wildman–Crippen MR) is 82.8 cm³/mol. The van der Waals surface area contributed by atoms with Crippen LogP contribution < -0.4 is 0 Å². The Balaban J connectivity index is 1.88. The summed E-state index contributed by atoms with van der Waals surface area (Å²) < 4.78 is 1.03. The molecule has 1 aromatic heterocycles. The average molecular weight is 357 g/mol. The third kappa shape index (κ3) is 4.64. The summed E-state index contributed by atoms with van der Waals surface area (Å²) in [6.45, 7) is 0. The zero-order chi connectivity index (χ0) is 13.7. The minimum Gasteiger partial charge on any atom is -0.298 e. The maximum atomic E-state index is 11.9. The van der Waals surface area contributed by atoms with Gasteiger partial charge in [0.15, 0.2) is 0 Å². The molecule has 0 saturated heterocycles. The van der Waals surface area contributed by atoms with Crippen LogP contribution in [0.3, 0.4) is 0 Å². The fraction of sp³-hybridized carbons (Fsp3) is 0.143. The number of ketones is 1. The van der Waals surface area contributed by atoms with E-state index in [0.29, 0.717) is 17.2 Å². The van der Waals surface area contributed by atoms with Crippen LogP contribution in [0, 0.1) is 0 Å². The number of halogens is 2. The van der Waals surface area contributed by atoms with Gasteiger partial charge in [0.2, 0.25) is 0 Å². The summed E-state index contributed by atoms with van der Waals surface area (Å²) in [6, 6.07) is 9.69. The highest BCUT2D eigenvalue weighted by atomic mass is 79.9. The van der Waals surface area contributed by atoms with Crippen molar-refractivity contribution in [2.45, 2.75) is 11.3 Å². The van der Waals surface area contributed by atoms with Crippen molar-refractivity contribution < 1.29 is 4.79 Å². The van der Waals surface area contributed by atoms with Crippen molar-refractivity contribution in [3.63, 3.8) is 0 Å². The number of carbonyl (C=O) groups is 1.